The number of methoxy groups -OCH3 is 2. The number of hydrogen-bond donors (Lipinski definition) is 2. The minimum Gasteiger partial charge on any atom is -0.497 e. The minimum absolute atomic E-state index is 0.402. The van der Waals surface area contributed by atoms with Crippen LogP contribution in [0.5, 0.6) is 11.5 Å². The normalized spacial score (nSPS) is 19.8. The number of anilines is 1. The number of carbonyl (C=O) groups is 3. The Labute approximate surface area is 180 Å². The molecule has 162 valence electrons. The summed E-state index contributed by atoms with van der Waals surface area (Å²) in [6.07, 6.45) is 3.10. The van der Waals surface area contributed by atoms with Crippen molar-refractivity contribution in [2.24, 2.45) is 0 Å². The van der Waals surface area contributed by atoms with E-state index in [4.69, 9.17) is 9.47 Å². The lowest BCUT2D eigenvalue weighted by Gasteiger charge is -2.23. The second kappa shape index (κ2) is 7.94. The van der Waals surface area contributed by atoms with Crippen molar-refractivity contribution >= 4 is 23.5 Å². The summed E-state index contributed by atoms with van der Waals surface area (Å²) < 4.78 is 10.4. The number of amides is 4. The molecule has 31 heavy (non-hydrogen) atoms. The number of urea groups is 1. The number of imide groups is 1. The van der Waals surface area contributed by atoms with E-state index < -0.39 is 29.9 Å². The average Bonchev–Trinajstić information content (AvgIpc) is 3.32. The van der Waals surface area contributed by atoms with Crippen LogP contribution in [0.2, 0.25) is 0 Å². The lowest BCUT2D eigenvalue weighted by atomic mass is 9.89. The predicted octanol–water partition coefficient (Wildman–Crippen LogP) is 2.60. The summed E-state index contributed by atoms with van der Waals surface area (Å²) in [7, 11) is 3.01. The Kier molecular flexibility index (Phi) is 5.31. The van der Waals surface area contributed by atoms with Gasteiger partial charge in [0.25, 0.3) is 5.91 Å². The Balaban J connectivity index is 1.50. The number of carbonyl (C=O) groups excluding carboxylic acids is 3. The summed E-state index contributed by atoms with van der Waals surface area (Å²) in [4.78, 5) is 39.3. The second-order valence-electron chi connectivity index (χ2n) is 7.90. The molecule has 1 fully saturated rings. The van der Waals surface area contributed by atoms with Gasteiger partial charge in [-0.1, -0.05) is 18.2 Å². The van der Waals surface area contributed by atoms with Gasteiger partial charge in [-0.05, 0) is 55.0 Å². The summed E-state index contributed by atoms with van der Waals surface area (Å²) >= 11 is 0. The number of nitrogens with one attached hydrogen (secondary N) is 2. The predicted molar refractivity (Wildman–Crippen MR) is 114 cm³/mol. The first-order chi connectivity index (χ1) is 14.9. The molecule has 0 unspecified atom stereocenters. The lowest BCUT2D eigenvalue weighted by Crippen LogP contribution is -2.42. The van der Waals surface area contributed by atoms with Gasteiger partial charge in [-0.15, -0.1) is 0 Å². The molecule has 8 nitrogen and oxygen atoms in total. The number of rotatable bonds is 6. The van der Waals surface area contributed by atoms with E-state index in [0.717, 1.165) is 29.7 Å². The van der Waals surface area contributed by atoms with Crippen LogP contribution >= 0.6 is 0 Å². The van der Waals surface area contributed by atoms with Crippen LogP contribution in [0.25, 0.3) is 0 Å². The molecule has 1 atom stereocenters. The maximum Gasteiger partial charge on any atom is 0.325 e. The average molecular weight is 423 g/mol. The van der Waals surface area contributed by atoms with Crippen LogP contribution in [-0.4, -0.2) is 43.5 Å². The van der Waals surface area contributed by atoms with E-state index in [1.54, 1.807) is 25.1 Å². The van der Waals surface area contributed by atoms with Crippen LogP contribution in [0.1, 0.15) is 30.0 Å². The van der Waals surface area contributed by atoms with Crippen LogP contribution in [0.4, 0.5) is 10.5 Å². The van der Waals surface area contributed by atoms with Crippen molar-refractivity contribution in [2.75, 3.05) is 26.1 Å². The maximum atomic E-state index is 13.2. The molecule has 0 spiro atoms. The van der Waals surface area contributed by atoms with E-state index in [1.807, 2.05) is 18.2 Å². The third-order valence-corrected chi connectivity index (χ3v) is 5.94. The second-order valence-corrected chi connectivity index (χ2v) is 7.90. The third kappa shape index (κ3) is 3.69. The molecule has 0 bridgehead atoms. The van der Waals surface area contributed by atoms with Gasteiger partial charge in [0.2, 0.25) is 5.91 Å². The number of nitrogens with zero attached hydrogens (tertiary/aromatic N) is 1. The number of ether oxygens (including phenoxy) is 2. The molecule has 2 aromatic rings. The molecule has 4 rings (SSSR count). The first-order valence-electron chi connectivity index (χ1n) is 10.1. The van der Waals surface area contributed by atoms with Gasteiger partial charge in [0, 0.05) is 6.07 Å². The summed E-state index contributed by atoms with van der Waals surface area (Å²) in [5.41, 5.74) is 2.44. The van der Waals surface area contributed by atoms with Gasteiger partial charge >= 0.3 is 6.03 Å². The van der Waals surface area contributed by atoms with Crippen LogP contribution in [0.3, 0.4) is 0 Å². The highest BCUT2D eigenvalue weighted by Crippen LogP contribution is 2.33. The quantitative estimate of drug-likeness (QED) is 0.696. The van der Waals surface area contributed by atoms with Gasteiger partial charge in [0.1, 0.15) is 23.6 Å². The highest BCUT2D eigenvalue weighted by molar-refractivity contribution is 6.10. The van der Waals surface area contributed by atoms with Crippen molar-refractivity contribution in [2.45, 2.75) is 31.7 Å². The molecule has 2 aliphatic rings. The van der Waals surface area contributed by atoms with Crippen LogP contribution in [0, 0.1) is 0 Å². The molecule has 0 aromatic heterocycles. The van der Waals surface area contributed by atoms with Crippen LogP contribution in [0.15, 0.2) is 36.4 Å². The van der Waals surface area contributed by atoms with E-state index >= 15 is 0 Å². The molecule has 2 N–H and O–H groups in total. The van der Waals surface area contributed by atoms with Crippen molar-refractivity contribution in [1.82, 2.24) is 10.2 Å². The van der Waals surface area contributed by atoms with Crippen molar-refractivity contribution in [3.8, 4) is 11.5 Å². The summed E-state index contributed by atoms with van der Waals surface area (Å²) in [6.45, 7) is 1.27. The third-order valence-electron chi connectivity index (χ3n) is 5.94. The molecule has 8 heteroatoms. The molecule has 4 amide bonds. The fourth-order valence-corrected chi connectivity index (χ4v) is 4.15. The minimum atomic E-state index is -1.20. The maximum absolute atomic E-state index is 13.2. The molecule has 1 aliphatic carbocycles. The van der Waals surface area contributed by atoms with E-state index in [-0.39, 0.29) is 0 Å². The molecule has 1 saturated heterocycles. The van der Waals surface area contributed by atoms with Crippen LogP contribution < -0.4 is 20.1 Å². The highest BCUT2D eigenvalue weighted by atomic mass is 16.5. The topological polar surface area (TPSA) is 97.0 Å². The molecule has 2 aromatic carbocycles. The van der Waals surface area contributed by atoms with E-state index in [0.29, 0.717) is 17.2 Å². The molecule has 1 heterocycles. The van der Waals surface area contributed by atoms with Crippen molar-refractivity contribution in [1.29, 1.82) is 0 Å². The molecular weight excluding hydrogens is 398 g/mol. The standard InChI is InChI=1S/C23H25N3O5/c1-23(16-8-7-14-5-4-6-15(14)11-16)21(28)26(22(29)25-23)13-20(27)24-18-10-9-17(30-2)12-19(18)31-3/h7-12H,4-6,13H2,1-3H3,(H,24,27)(H,25,29)/t23-/m1/s1. The van der Waals surface area contributed by atoms with Gasteiger partial charge in [-0.3, -0.25) is 14.5 Å². The molecule has 0 saturated carbocycles. The zero-order chi connectivity index (χ0) is 22.2. The van der Waals surface area contributed by atoms with E-state index in [1.165, 1.54) is 25.3 Å². The molecule has 0 radical (unpaired) electrons. The Bertz CT molecular complexity index is 1070. The van der Waals surface area contributed by atoms with Gasteiger partial charge in [0.05, 0.1) is 19.9 Å². The Hall–Kier alpha value is -3.55. The number of hydrogen-bond acceptors (Lipinski definition) is 5. The number of benzene rings is 2. The lowest BCUT2D eigenvalue weighted by molar-refractivity contribution is -0.133. The van der Waals surface area contributed by atoms with Gasteiger partial charge < -0.3 is 20.1 Å². The SMILES string of the molecule is COc1ccc(NC(=O)CN2C(=O)N[C@](C)(c3ccc4c(c3)CCC4)C2=O)c(OC)c1. The fourth-order valence-electron chi connectivity index (χ4n) is 4.15. The largest absolute Gasteiger partial charge is 0.497 e. The van der Waals surface area contributed by atoms with E-state index in [9.17, 15) is 14.4 Å². The zero-order valence-electron chi connectivity index (χ0n) is 17.8. The van der Waals surface area contributed by atoms with Gasteiger partial charge in [-0.2, -0.15) is 0 Å². The van der Waals surface area contributed by atoms with Crippen LogP contribution in [-0.2, 0) is 28.0 Å². The first kappa shape index (κ1) is 20.7. The monoisotopic (exact) mass is 423 g/mol. The van der Waals surface area contributed by atoms with Gasteiger partial charge in [-0.25, -0.2) is 4.79 Å². The Morgan fingerprint density at radius 3 is 2.61 bits per heavy atom. The fraction of sp³-hybridized carbons (Fsp3) is 0.348. The number of fused-ring (bicyclic) bond motifs is 1. The van der Waals surface area contributed by atoms with Crippen molar-refractivity contribution in [3.05, 3.63) is 53.1 Å². The van der Waals surface area contributed by atoms with Gasteiger partial charge in [0.15, 0.2) is 0 Å². The Morgan fingerprint density at radius 2 is 1.87 bits per heavy atom. The Morgan fingerprint density at radius 1 is 1.10 bits per heavy atom. The smallest absolute Gasteiger partial charge is 0.325 e. The summed E-state index contributed by atoms with van der Waals surface area (Å²) in [5, 5.41) is 5.45. The molecular formula is C23H25N3O5. The summed E-state index contributed by atoms with van der Waals surface area (Å²) in [6, 6.07) is 10.2. The zero-order valence-corrected chi connectivity index (χ0v) is 17.8. The molecule has 1 aliphatic heterocycles. The van der Waals surface area contributed by atoms with Crippen molar-refractivity contribution < 1.29 is 23.9 Å². The van der Waals surface area contributed by atoms with E-state index in [2.05, 4.69) is 10.6 Å². The summed E-state index contributed by atoms with van der Waals surface area (Å²) in [5.74, 6) is 0.0272. The van der Waals surface area contributed by atoms with Crippen molar-refractivity contribution in [3.63, 3.8) is 0 Å². The number of aryl methyl sites for hydroxylation is 2. The highest BCUT2D eigenvalue weighted by Gasteiger charge is 2.49. The first-order valence-corrected chi connectivity index (χ1v) is 10.1.